The van der Waals surface area contributed by atoms with E-state index in [1.54, 1.807) is 6.08 Å². The van der Waals surface area contributed by atoms with Crippen molar-refractivity contribution in [3.8, 4) is 0 Å². The zero-order valence-electron chi connectivity index (χ0n) is 26.3. The molecular formula is C35H60O6. The van der Waals surface area contributed by atoms with E-state index in [0.717, 1.165) is 44.4 Å². The number of allylic oxidation sites excluding steroid dienone is 6. The maximum atomic E-state index is 12.0. The molecule has 0 spiro atoms. The molecule has 0 aliphatic heterocycles. The highest BCUT2D eigenvalue weighted by atomic mass is 16.6. The fraction of sp³-hybridized carbons (Fsp3) is 0.714. The van der Waals surface area contributed by atoms with Crippen molar-refractivity contribution in [1.82, 2.24) is 0 Å². The summed E-state index contributed by atoms with van der Waals surface area (Å²) in [6, 6.07) is 0. The van der Waals surface area contributed by atoms with Crippen LogP contribution >= 0.6 is 0 Å². The zero-order chi connectivity index (χ0) is 30.4. The Bertz CT molecular complexity index is 737. The topological polar surface area (TPSA) is 93.1 Å². The maximum Gasteiger partial charge on any atom is 0.306 e. The molecule has 2 atom stereocenters. The predicted molar refractivity (Wildman–Crippen MR) is 169 cm³/mol. The van der Waals surface area contributed by atoms with Crippen LogP contribution in [0.4, 0.5) is 0 Å². The van der Waals surface area contributed by atoms with Crippen LogP contribution in [0.5, 0.6) is 0 Å². The molecule has 0 aliphatic carbocycles. The Balaban J connectivity index is 3.82. The number of carbonyl (C=O) groups excluding carboxylic acids is 2. The van der Waals surface area contributed by atoms with E-state index in [-0.39, 0.29) is 31.6 Å². The second-order valence-corrected chi connectivity index (χ2v) is 11.2. The summed E-state index contributed by atoms with van der Waals surface area (Å²) in [5, 5.41) is 19.4. The number of hydrogen-bond donors (Lipinski definition) is 2. The van der Waals surface area contributed by atoms with Gasteiger partial charge in [0.1, 0.15) is 6.61 Å². The Kier molecular flexibility index (Phi) is 27.8. The van der Waals surface area contributed by atoms with Crippen LogP contribution in [0.3, 0.4) is 0 Å². The first kappa shape index (κ1) is 38.8. The number of esters is 2. The first-order valence-corrected chi connectivity index (χ1v) is 16.2. The molecule has 0 aromatic heterocycles. The van der Waals surface area contributed by atoms with Gasteiger partial charge in [0.25, 0.3) is 0 Å². The van der Waals surface area contributed by atoms with Crippen LogP contribution in [0.25, 0.3) is 0 Å². The van der Waals surface area contributed by atoms with Crippen molar-refractivity contribution >= 4 is 11.9 Å². The van der Waals surface area contributed by atoms with Gasteiger partial charge in [0, 0.05) is 12.8 Å². The predicted octanol–water partition coefficient (Wildman–Crippen LogP) is 8.33. The molecule has 0 aromatic rings. The Morgan fingerprint density at radius 1 is 0.756 bits per heavy atom. The Morgan fingerprint density at radius 2 is 1.44 bits per heavy atom. The highest BCUT2D eigenvalue weighted by molar-refractivity contribution is 5.70. The Labute approximate surface area is 251 Å². The van der Waals surface area contributed by atoms with Gasteiger partial charge in [-0.15, -0.1) is 0 Å². The van der Waals surface area contributed by atoms with Gasteiger partial charge >= 0.3 is 11.9 Å². The van der Waals surface area contributed by atoms with Gasteiger partial charge in [0.2, 0.25) is 0 Å². The zero-order valence-corrected chi connectivity index (χ0v) is 26.3. The van der Waals surface area contributed by atoms with E-state index in [1.165, 1.54) is 44.9 Å². The number of unbranched alkanes of at least 4 members (excludes halogenated alkanes) is 9. The van der Waals surface area contributed by atoms with E-state index >= 15 is 0 Å². The third-order valence-corrected chi connectivity index (χ3v) is 6.63. The van der Waals surface area contributed by atoms with Crippen LogP contribution in [0.2, 0.25) is 0 Å². The minimum absolute atomic E-state index is 0.117. The molecule has 0 saturated heterocycles. The van der Waals surface area contributed by atoms with Gasteiger partial charge in [0.15, 0.2) is 6.10 Å². The molecule has 0 unspecified atom stereocenters. The molecule has 6 heteroatoms. The summed E-state index contributed by atoms with van der Waals surface area (Å²) in [4.78, 5) is 24.0. The smallest absolute Gasteiger partial charge is 0.306 e. The quantitative estimate of drug-likeness (QED) is 0.0442. The summed E-state index contributed by atoms with van der Waals surface area (Å²) in [5.74, 6) is 0.0515. The molecule has 0 rings (SSSR count). The SMILES string of the molecule is CCCCC/C=C\C=C/[C@@H](O)C/C=C\C/C=C/CCCC(=O)OC[C@H](CO)OC(=O)CCCCCCCCC(C)C. The average molecular weight is 577 g/mol. The highest BCUT2D eigenvalue weighted by Crippen LogP contribution is 2.12. The fourth-order valence-electron chi connectivity index (χ4n) is 4.10. The lowest BCUT2D eigenvalue weighted by molar-refractivity contribution is -0.161. The van der Waals surface area contributed by atoms with Crippen LogP contribution in [0.1, 0.15) is 130 Å². The van der Waals surface area contributed by atoms with E-state index in [9.17, 15) is 19.8 Å². The molecule has 0 bridgehead atoms. The summed E-state index contributed by atoms with van der Waals surface area (Å²) in [6.45, 7) is 6.21. The van der Waals surface area contributed by atoms with Gasteiger partial charge in [-0.05, 0) is 50.9 Å². The number of aliphatic hydroxyl groups excluding tert-OH is 2. The lowest BCUT2D eigenvalue weighted by Gasteiger charge is -2.15. The molecular weight excluding hydrogens is 516 g/mol. The van der Waals surface area contributed by atoms with Crippen molar-refractivity contribution in [2.45, 2.75) is 142 Å². The number of hydrogen-bond acceptors (Lipinski definition) is 6. The first-order chi connectivity index (χ1) is 19.9. The van der Waals surface area contributed by atoms with Crippen molar-refractivity contribution in [2.75, 3.05) is 13.2 Å². The Hall–Kier alpha value is -2.18. The molecule has 6 nitrogen and oxygen atoms in total. The highest BCUT2D eigenvalue weighted by Gasteiger charge is 2.16. The van der Waals surface area contributed by atoms with E-state index < -0.39 is 12.2 Å². The minimum atomic E-state index is -0.810. The van der Waals surface area contributed by atoms with Crippen molar-refractivity contribution in [2.24, 2.45) is 5.92 Å². The van der Waals surface area contributed by atoms with Gasteiger partial charge < -0.3 is 19.7 Å². The van der Waals surface area contributed by atoms with Gasteiger partial charge in [-0.2, -0.15) is 0 Å². The largest absolute Gasteiger partial charge is 0.462 e. The van der Waals surface area contributed by atoms with Crippen molar-refractivity contribution in [3.05, 3.63) is 48.6 Å². The third kappa shape index (κ3) is 29.1. The van der Waals surface area contributed by atoms with Crippen LogP contribution in [-0.2, 0) is 19.1 Å². The first-order valence-electron chi connectivity index (χ1n) is 16.2. The van der Waals surface area contributed by atoms with Crippen molar-refractivity contribution < 1.29 is 29.3 Å². The Morgan fingerprint density at radius 3 is 2.17 bits per heavy atom. The molecule has 0 fully saturated rings. The number of carbonyl (C=O) groups is 2. The minimum Gasteiger partial charge on any atom is -0.462 e. The summed E-state index contributed by atoms with van der Waals surface area (Å²) in [7, 11) is 0. The van der Waals surface area contributed by atoms with Gasteiger partial charge in [0.05, 0.1) is 12.7 Å². The molecule has 0 heterocycles. The van der Waals surface area contributed by atoms with Crippen LogP contribution in [0, 0.1) is 5.92 Å². The summed E-state index contributed by atoms with van der Waals surface area (Å²) >= 11 is 0. The maximum absolute atomic E-state index is 12.0. The molecule has 0 aromatic carbocycles. The average Bonchev–Trinajstić information content (AvgIpc) is 2.95. The van der Waals surface area contributed by atoms with E-state index in [0.29, 0.717) is 19.3 Å². The van der Waals surface area contributed by atoms with Crippen LogP contribution < -0.4 is 0 Å². The second-order valence-electron chi connectivity index (χ2n) is 11.2. The lowest BCUT2D eigenvalue weighted by Crippen LogP contribution is -2.28. The molecule has 236 valence electrons. The summed E-state index contributed by atoms with van der Waals surface area (Å²) < 4.78 is 10.4. The summed E-state index contributed by atoms with van der Waals surface area (Å²) in [6.07, 6.45) is 30.7. The van der Waals surface area contributed by atoms with Gasteiger partial charge in [-0.1, -0.05) is 121 Å². The van der Waals surface area contributed by atoms with Gasteiger partial charge in [-0.3, -0.25) is 9.59 Å². The normalized spacial score (nSPS) is 13.7. The molecule has 41 heavy (non-hydrogen) atoms. The number of ether oxygens (including phenoxy) is 2. The monoisotopic (exact) mass is 576 g/mol. The number of rotatable bonds is 27. The molecule has 2 N–H and O–H groups in total. The standard InChI is InChI=1S/C35H60O6/c1-4-5-6-7-9-15-20-25-32(37)26-21-16-10-8-11-17-22-27-34(38)40-30-33(29-36)41-35(39)28-23-18-13-12-14-19-24-31(2)3/h8-9,11,15-16,20-21,25,31-33,36-37H,4-7,10,12-14,17-19,22-24,26-30H2,1-3H3/b11-8+,15-9-,21-16-,25-20-/t32-,33+/m1/s1. The van der Waals surface area contributed by atoms with E-state index in [1.807, 2.05) is 36.5 Å². The van der Waals surface area contributed by atoms with Gasteiger partial charge in [-0.25, -0.2) is 0 Å². The van der Waals surface area contributed by atoms with E-state index in [4.69, 9.17) is 9.47 Å². The summed E-state index contributed by atoms with van der Waals surface area (Å²) in [5.41, 5.74) is 0. The fourth-order valence-corrected chi connectivity index (χ4v) is 4.10. The molecule has 0 amide bonds. The number of aliphatic hydroxyl groups is 2. The third-order valence-electron chi connectivity index (χ3n) is 6.63. The van der Waals surface area contributed by atoms with E-state index in [2.05, 4.69) is 26.8 Å². The molecule has 0 saturated carbocycles. The van der Waals surface area contributed by atoms with Crippen LogP contribution in [-0.4, -0.2) is 47.6 Å². The molecule has 0 radical (unpaired) electrons. The van der Waals surface area contributed by atoms with Crippen molar-refractivity contribution in [1.29, 1.82) is 0 Å². The van der Waals surface area contributed by atoms with Crippen LogP contribution in [0.15, 0.2) is 48.6 Å². The van der Waals surface area contributed by atoms with Crippen molar-refractivity contribution in [3.63, 3.8) is 0 Å². The lowest BCUT2D eigenvalue weighted by atomic mass is 10.0. The second kappa shape index (κ2) is 29.3. The molecule has 0 aliphatic rings.